The molecule has 0 bridgehead atoms. The number of aromatic nitrogens is 1. The molecule has 110 valence electrons. The predicted octanol–water partition coefficient (Wildman–Crippen LogP) is 1.74. The molecule has 0 atom stereocenters. The van der Waals surface area contributed by atoms with Crippen LogP contribution < -0.4 is 4.31 Å². The van der Waals surface area contributed by atoms with Crippen LogP contribution in [-0.2, 0) is 10.0 Å². The molecule has 0 fully saturated rings. The molecule has 1 heterocycles. The highest BCUT2D eigenvalue weighted by Crippen LogP contribution is 2.23. The number of nitrogens with zero attached hydrogens (tertiary/aromatic N) is 2. The van der Waals surface area contributed by atoms with Crippen LogP contribution >= 0.6 is 0 Å². The number of para-hydroxylation sites is 1. The lowest BCUT2D eigenvalue weighted by atomic mass is 10.3. The molecule has 0 aliphatic heterocycles. The first-order valence-electron chi connectivity index (χ1n) is 5.77. The molecule has 0 radical (unpaired) electrons. The minimum absolute atomic E-state index is 0.124. The van der Waals surface area contributed by atoms with Gasteiger partial charge in [-0.2, -0.15) is 8.42 Å². The third-order valence-corrected chi connectivity index (χ3v) is 4.49. The van der Waals surface area contributed by atoms with Crippen LogP contribution in [-0.4, -0.2) is 31.5 Å². The van der Waals surface area contributed by atoms with Crippen molar-refractivity contribution in [1.29, 1.82) is 0 Å². The molecule has 0 saturated carbocycles. The second kappa shape index (κ2) is 5.49. The van der Waals surface area contributed by atoms with Crippen molar-refractivity contribution >= 4 is 21.7 Å². The molecule has 8 heteroatoms. The number of carboxylic acids is 1. The zero-order valence-electron chi connectivity index (χ0n) is 10.9. The predicted molar refractivity (Wildman–Crippen MR) is 73.2 cm³/mol. The number of rotatable bonds is 4. The highest BCUT2D eigenvalue weighted by Gasteiger charge is 2.24. The van der Waals surface area contributed by atoms with E-state index >= 15 is 0 Å². The number of hydrogen-bond acceptors (Lipinski definition) is 4. The van der Waals surface area contributed by atoms with Crippen molar-refractivity contribution in [2.24, 2.45) is 0 Å². The average molecular weight is 310 g/mol. The molecule has 0 saturated heterocycles. The maximum atomic E-state index is 13.7. The van der Waals surface area contributed by atoms with Gasteiger partial charge in [-0.25, -0.2) is 14.2 Å². The number of carbonyl (C=O) groups is 1. The van der Waals surface area contributed by atoms with Crippen LogP contribution in [0.5, 0.6) is 0 Å². The largest absolute Gasteiger partial charge is 0.478 e. The summed E-state index contributed by atoms with van der Waals surface area (Å²) >= 11 is 0. The Morgan fingerprint density at radius 3 is 2.43 bits per heavy atom. The standard InChI is InChI=1S/C13H11FN2O4S/c1-16(11-5-3-2-4-10(11)14)21(19,20)12-7-6-9(8-15-12)13(17)18/h2-8H,1H3,(H,17,18). The molecule has 0 aliphatic carbocycles. The van der Waals surface area contributed by atoms with E-state index < -0.39 is 21.8 Å². The van der Waals surface area contributed by atoms with Gasteiger partial charge in [0.15, 0.2) is 5.03 Å². The molecule has 6 nitrogen and oxygen atoms in total. The van der Waals surface area contributed by atoms with E-state index in [-0.39, 0.29) is 16.3 Å². The summed E-state index contributed by atoms with van der Waals surface area (Å²) in [5.74, 6) is -1.90. The highest BCUT2D eigenvalue weighted by molar-refractivity contribution is 7.92. The maximum absolute atomic E-state index is 13.7. The average Bonchev–Trinajstić information content (AvgIpc) is 2.47. The number of carboxylic acid groups (broad SMARTS) is 1. The number of benzene rings is 1. The fourth-order valence-electron chi connectivity index (χ4n) is 1.64. The van der Waals surface area contributed by atoms with Gasteiger partial charge in [0.2, 0.25) is 0 Å². The molecule has 0 amide bonds. The van der Waals surface area contributed by atoms with Crippen LogP contribution in [0.1, 0.15) is 10.4 Å². The van der Waals surface area contributed by atoms with Crippen LogP contribution in [0.2, 0.25) is 0 Å². The molecule has 1 aromatic carbocycles. The van der Waals surface area contributed by atoms with Crippen LogP contribution in [0.15, 0.2) is 47.6 Å². The lowest BCUT2D eigenvalue weighted by Gasteiger charge is -2.19. The fourth-order valence-corrected chi connectivity index (χ4v) is 2.75. The molecule has 0 aliphatic rings. The van der Waals surface area contributed by atoms with Crippen molar-refractivity contribution in [3.8, 4) is 0 Å². The van der Waals surface area contributed by atoms with Gasteiger partial charge in [0.25, 0.3) is 10.0 Å². The minimum atomic E-state index is -4.07. The third kappa shape index (κ3) is 2.84. The number of aromatic carboxylic acids is 1. The van der Waals surface area contributed by atoms with E-state index in [0.29, 0.717) is 0 Å². The van der Waals surface area contributed by atoms with Crippen molar-refractivity contribution < 1.29 is 22.7 Å². The van der Waals surface area contributed by atoms with E-state index in [2.05, 4.69) is 4.98 Å². The molecular formula is C13H11FN2O4S. The second-order valence-corrected chi connectivity index (χ2v) is 6.03. The Bertz CT molecular complexity index is 775. The summed E-state index contributed by atoms with van der Waals surface area (Å²) in [4.78, 5) is 14.3. The summed E-state index contributed by atoms with van der Waals surface area (Å²) in [5.41, 5.74) is -0.260. The summed E-state index contributed by atoms with van der Waals surface area (Å²) in [6, 6.07) is 7.60. The molecule has 2 rings (SSSR count). The lowest BCUT2D eigenvalue weighted by Crippen LogP contribution is -2.28. The Hall–Kier alpha value is -2.48. The van der Waals surface area contributed by atoms with Crippen molar-refractivity contribution in [3.05, 3.63) is 54.0 Å². The Morgan fingerprint density at radius 1 is 1.24 bits per heavy atom. The number of anilines is 1. The van der Waals surface area contributed by atoms with Gasteiger partial charge >= 0.3 is 5.97 Å². The Labute approximate surface area is 120 Å². The van der Waals surface area contributed by atoms with E-state index in [9.17, 15) is 17.6 Å². The van der Waals surface area contributed by atoms with Gasteiger partial charge < -0.3 is 5.11 Å². The summed E-state index contributed by atoms with van der Waals surface area (Å²) < 4.78 is 39.0. The van der Waals surface area contributed by atoms with Crippen LogP contribution in [0.25, 0.3) is 0 Å². The molecule has 2 aromatic rings. The van der Waals surface area contributed by atoms with Crippen LogP contribution in [0.4, 0.5) is 10.1 Å². The lowest BCUT2D eigenvalue weighted by molar-refractivity contribution is 0.0696. The van der Waals surface area contributed by atoms with Crippen molar-refractivity contribution in [1.82, 2.24) is 4.98 Å². The molecule has 0 spiro atoms. The summed E-state index contributed by atoms with van der Waals surface area (Å²) in [7, 11) is -2.87. The van der Waals surface area contributed by atoms with Gasteiger partial charge in [0, 0.05) is 13.2 Å². The fraction of sp³-hybridized carbons (Fsp3) is 0.0769. The van der Waals surface area contributed by atoms with Gasteiger partial charge in [-0.1, -0.05) is 12.1 Å². The third-order valence-electron chi connectivity index (χ3n) is 2.80. The van der Waals surface area contributed by atoms with Gasteiger partial charge in [-0.15, -0.1) is 0 Å². The number of hydrogen-bond donors (Lipinski definition) is 1. The number of pyridine rings is 1. The first kappa shape index (κ1) is 14.9. The SMILES string of the molecule is CN(c1ccccc1F)S(=O)(=O)c1ccc(C(=O)O)cn1. The van der Waals surface area contributed by atoms with Crippen molar-refractivity contribution in [3.63, 3.8) is 0 Å². The smallest absolute Gasteiger partial charge is 0.337 e. The molecule has 1 aromatic heterocycles. The van der Waals surface area contributed by atoms with Crippen LogP contribution in [0, 0.1) is 5.82 Å². The minimum Gasteiger partial charge on any atom is -0.478 e. The maximum Gasteiger partial charge on any atom is 0.337 e. The molecule has 0 unspecified atom stereocenters. The zero-order valence-corrected chi connectivity index (χ0v) is 11.7. The van der Waals surface area contributed by atoms with Crippen LogP contribution in [0.3, 0.4) is 0 Å². The van der Waals surface area contributed by atoms with Gasteiger partial charge in [0.1, 0.15) is 5.82 Å². The second-order valence-electron chi connectivity index (χ2n) is 4.11. The summed E-state index contributed by atoms with van der Waals surface area (Å²) in [5, 5.41) is 8.39. The Balaban J connectivity index is 2.42. The number of halogens is 1. The Morgan fingerprint density at radius 2 is 1.90 bits per heavy atom. The van der Waals surface area contributed by atoms with Crippen molar-refractivity contribution in [2.75, 3.05) is 11.4 Å². The summed E-state index contributed by atoms with van der Waals surface area (Å²) in [6.45, 7) is 0. The van der Waals surface area contributed by atoms with E-state index in [1.165, 1.54) is 25.2 Å². The van der Waals surface area contributed by atoms with Gasteiger partial charge in [0.05, 0.1) is 11.3 Å². The van der Waals surface area contributed by atoms with E-state index in [1.54, 1.807) is 0 Å². The zero-order chi connectivity index (χ0) is 15.6. The van der Waals surface area contributed by atoms with Crippen molar-refractivity contribution in [2.45, 2.75) is 5.03 Å². The topological polar surface area (TPSA) is 87.6 Å². The first-order chi connectivity index (χ1) is 9.84. The normalized spacial score (nSPS) is 11.1. The summed E-state index contributed by atoms with van der Waals surface area (Å²) in [6.07, 6.45) is 0.935. The number of sulfonamides is 1. The van der Waals surface area contributed by atoms with E-state index in [0.717, 1.165) is 28.7 Å². The molecule has 1 N–H and O–H groups in total. The first-order valence-corrected chi connectivity index (χ1v) is 7.21. The monoisotopic (exact) mass is 310 g/mol. The van der Waals surface area contributed by atoms with E-state index in [1.807, 2.05) is 0 Å². The molecular weight excluding hydrogens is 299 g/mol. The van der Waals surface area contributed by atoms with E-state index in [4.69, 9.17) is 5.11 Å². The Kier molecular flexibility index (Phi) is 3.90. The van der Waals surface area contributed by atoms with Gasteiger partial charge in [-0.3, -0.25) is 4.31 Å². The van der Waals surface area contributed by atoms with Gasteiger partial charge in [-0.05, 0) is 24.3 Å². The quantitative estimate of drug-likeness (QED) is 0.929. The highest BCUT2D eigenvalue weighted by atomic mass is 32.2. The molecule has 21 heavy (non-hydrogen) atoms.